The highest BCUT2D eigenvalue weighted by molar-refractivity contribution is 5.65. The quantitative estimate of drug-likeness (QED) is 0.243. The number of allylic oxidation sites excluding steroid dienone is 2. The molecule has 4 unspecified atom stereocenters. The van der Waals surface area contributed by atoms with Gasteiger partial charge in [-0.1, -0.05) is 56.5 Å². The Hall–Kier alpha value is -2.11. The van der Waals surface area contributed by atoms with Gasteiger partial charge in [-0.3, -0.25) is 9.78 Å². The smallest absolute Gasteiger partial charge is 0.287 e. The zero-order valence-electron chi connectivity index (χ0n) is 19.0. The standard InChI is InChI=1S/C26H36O5/c1-4-5-6-7-23-18-22(20-8-13-25(14-9-20)31-29-19(2)27)12-17-26(23)21-10-15-24(16-11-21)30-28-3/h8-11,13-15,22-24,26H,4-7,12,16-18H2,1-3H3. The average Bonchev–Trinajstić information content (AvgIpc) is 2.79. The SMILES string of the molecule is CCCCCC1CC(c2ccc(OOC(C)=O)cc2)CCC1C1=CCC(OOC)C=C1. The van der Waals surface area contributed by atoms with Gasteiger partial charge in [0.1, 0.15) is 6.10 Å². The molecule has 5 heteroatoms. The van der Waals surface area contributed by atoms with Crippen LogP contribution in [0.3, 0.4) is 0 Å². The van der Waals surface area contributed by atoms with Crippen molar-refractivity contribution in [3.05, 3.63) is 53.6 Å². The first-order valence-corrected chi connectivity index (χ1v) is 11.6. The number of rotatable bonds is 10. The van der Waals surface area contributed by atoms with Crippen LogP contribution in [0.5, 0.6) is 5.75 Å². The van der Waals surface area contributed by atoms with E-state index in [1.54, 1.807) is 7.11 Å². The Morgan fingerprint density at radius 1 is 1.13 bits per heavy atom. The molecule has 1 aromatic carbocycles. The fraction of sp³-hybridized carbons (Fsp3) is 0.577. The second-order valence-electron chi connectivity index (χ2n) is 8.70. The third-order valence-electron chi connectivity index (χ3n) is 6.50. The van der Waals surface area contributed by atoms with Crippen molar-refractivity contribution in [3.63, 3.8) is 0 Å². The lowest BCUT2D eigenvalue weighted by Crippen LogP contribution is -2.26. The number of unbranched alkanes of at least 4 members (excludes halogenated alkanes) is 2. The molecule has 0 amide bonds. The van der Waals surface area contributed by atoms with Crippen molar-refractivity contribution in [2.75, 3.05) is 7.11 Å². The molecule has 1 fully saturated rings. The molecule has 170 valence electrons. The van der Waals surface area contributed by atoms with Crippen molar-refractivity contribution >= 4 is 5.97 Å². The molecule has 2 aliphatic carbocycles. The molecule has 1 aromatic rings. The molecule has 0 saturated heterocycles. The zero-order chi connectivity index (χ0) is 22.1. The Kier molecular flexibility index (Phi) is 9.16. The lowest BCUT2D eigenvalue weighted by Gasteiger charge is -2.38. The monoisotopic (exact) mass is 428 g/mol. The van der Waals surface area contributed by atoms with Crippen molar-refractivity contribution in [2.45, 2.75) is 77.2 Å². The fourth-order valence-electron chi connectivity index (χ4n) is 4.97. The third-order valence-corrected chi connectivity index (χ3v) is 6.50. The highest BCUT2D eigenvalue weighted by atomic mass is 17.2. The molecule has 4 atom stereocenters. The summed E-state index contributed by atoms with van der Waals surface area (Å²) in [5.41, 5.74) is 2.82. The normalized spacial score (nSPS) is 25.7. The van der Waals surface area contributed by atoms with E-state index in [1.165, 1.54) is 63.0 Å². The predicted octanol–water partition coefficient (Wildman–Crippen LogP) is 6.46. The molecule has 31 heavy (non-hydrogen) atoms. The van der Waals surface area contributed by atoms with E-state index in [-0.39, 0.29) is 6.10 Å². The van der Waals surface area contributed by atoms with Crippen molar-refractivity contribution in [1.82, 2.24) is 0 Å². The van der Waals surface area contributed by atoms with Crippen LogP contribution in [0.1, 0.15) is 76.7 Å². The van der Waals surface area contributed by atoms with E-state index in [0.717, 1.165) is 6.42 Å². The number of benzene rings is 1. The Morgan fingerprint density at radius 2 is 1.94 bits per heavy atom. The second-order valence-corrected chi connectivity index (χ2v) is 8.70. The summed E-state index contributed by atoms with van der Waals surface area (Å²) in [6, 6.07) is 8.00. The molecular weight excluding hydrogens is 392 g/mol. The van der Waals surface area contributed by atoms with Crippen LogP contribution in [-0.4, -0.2) is 19.2 Å². The molecule has 0 spiro atoms. The van der Waals surface area contributed by atoms with Crippen molar-refractivity contribution in [1.29, 1.82) is 0 Å². The van der Waals surface area contributed by atoms with Crippen LogP contribution >= 0.6 is 0 Å². The predicted molar refractivity (Wildman–Crippen MR) is 120 cm³/mol. The van der Waals surface area contributed by atoms with Gasteiger partial charge in [0.15, 0.2) is 5.75 Å². The van der Waals surface area contributed by atoms with E-state index in [4.69, 9.17) is 14.7 Å². The summed E-state index contributed by atoms with van der Waals surface area (Å²) in [5, 5.41) is 0. The minimum absolute atomic E-state index is 0.0244. The van der Waals surface area contributed by atoms with Crippen molar-refractivity contribution < 1.29 is 24.3 Å². The first-order valence-electron chi connectivity index (χ1n) is 11.6. The van der Waals surface area contributed by atoms with Crippen molar-refractivity contribution in [3.8, 4) is 5.75 Å². The molecule has 2 aliphatic rings. The second kappa shape index (κ2) is 12.1. The van der Waals surface area contributed by atoms with Gasteiger partial charge in [-0.25, -0.2) is 14.6 Å². The van der Waals surface area contributed by atoms with E-state index in [9.17, 15) is 4.79 Å². The van der Waals surface area contributed by atoms with Crippen LogP contribution in [0.2, 0.25) is 0 Å². The lowest BCUT2D eigenvalue weighted by atomic mass is 9.67. The first-order chi connectivity index (χ1) is 15.1. The molecule has 3 rings (SSSR count). The van der Waals surface area contributed by atoms with Gasteiger partial charge in [0.2, 0.25) is 0 Å². The van der Waals surface area contributed by atoms with Gasteiger partial charge in [-0.2, -0.15) is 0 Å². The van der Waals surface area contributed by atoms with E-state index in [1.807, 2.05) is 12.1 Å². The van der Waals surface area contributed by atoms with Crippen LogP contribution in [0.4, 0.5) is 0 Å². The van der Waals surface area contributed by atoms with Crippen molar-refractivity contribution in [2.24, 2.45) is 11.8 Å². The van der Waals surface area contributed by atoms with Crippen LogP contribution in [0, 0.1) is 11.8 Å². The van der Waals surface area contributed by atoms with Gasteiger partial charge in [0, 0.05) is 6.92 Å². The molecule has 1 saturated carbocycles. The summed E-state index contributed by atoms with van der Waals surface area (Å²) in [5.74, 6) is 1.97. The molecule has 0 aromatic heterocycles. The van der Waals surface area contributed by atoms with E-state index < -0.39 is 5.97 Å². The molecule has 0 bridgehead atoms. The van der Waals surface area contributed by atoms with Gasteiger partial charge in [-0.05, 0) is 73.1 Å². The van der Waals surface area contributed by atoms with E-state index in [2.05, 4.69) is 42.2 Å². The molecular formula is C26H36O5. The minimum atomic E-state index is -0.455. The Morgan fingerprint density at radius 3 is 2.58 bits per heavy atom. The summed E-state index contributed by atoms with van der Waals surface area (Å²) in [4.78, 5) is 30.7. The van der Waals surface area contributed by atoms with Gasteiger partial charge in [0.05, 0.1) is 7.11 Å². The van der Waals surface area contributed by atoms with Gasteiger partial charge < -0.3 is 0 Å². The maximum absolute atomic E-state index is 10.9. The van der Waals surface area contributed by atoms with Gasteiger partial charge >= 0.3 is 5.97 Å². The number of hydrogen-bond acceptors (Lipinski definition) is 5. The number of hydrogen-bond donors (Lipinski definition) is 0. The zero-order valence-corrected chi connectivity index (χ0v) is 19.0. The summed E-state index contributed by atoms with van der Waals surface area (Å²) < 4.78 is 0. The summed E-state index contributed by atoms with van der Waals surface area (Å²) in [6.07, 6.45) is 16.4. The third kappa shape index (κ3) is 6.94. The largest absolute Gasteiger partial charge is 0.352 e. The molecule has 0 aliphatic heterocycles. The van der Waals surface area contributed by atoms with Crippen LogP contribution < -0.4 is 4.89 Å². The summed E-state index contributed by atoms with van der Waals surface area (Å²) in [6.45, 7) is 3.59. The van der Waals surface area contributed by atoms with Gasteiger partial charge in [-0.15, -0.1) is 0 Å². The topological polar surface area (TPSA) is 54.0 Å². The first kappa shape index (κ1) is 23.6. The highest BCUT2D eigenvalue weighted by Gasteiger charge is 2.33. The summed E-state index contributed by atoms with van der Waals surface area (Å²) >= 11 is 0. The lowest BCUT2D eigenvalue weighted by molar-refractivity contribution is -0.292. The molecule has 0 radical (unpaired) electrons. The summed E-state index contributed by atoms with van der Waals surface area (Å²) in [7, 11) is 1.56. The van der Waals surface area contributed by atoms with E-state index >= 15 is 0 Å². The molecule has 5 nitrogen and oxygen atoms in total. The van der Waals surface area contributed by atoms with Crippen LogP contribution in [0.15, 0.2) is 48.1 Å². The average molecular weight is 429 g/mol. The number of carbonyl (C=O) groups excluding carboxylic acids is 1. The minimum Gasteiger partial charge on any atom is -0.287 e. The Bertz CT molecular complexity index is 752. The van der Waals surface area contributed by atoms with Crippen LogP contribution in [0.25, 0.3) is 0 Å². The maximum atomic E-state index is 10.9. The molecule has 0 heterocycles. The number of carbonyl (C=O) groups is 1. The highest BCUT2D eigenvalue weighted by Crippen LogP contribution is 2.45. The Labute approximate surface area is 186 Å². The Balaban J connectivity index is 1.65. The molecule has 0 N–H and O–H groups in total. The van der Waals surface area contributed by atoms with Crippen LogP contribution in [-0.2, 0) is 19.5 Å². The van der Waals surface area contributed by atoms with E-state index in [0.29, 0.717) is 23.5 Å². The van der Waals surface area contributed by atoms with Gasteiger partial charge in [0.25, 0.3) is 0 Å². The fourth-order valence-corrected chi connectivity index (χ4v) is 4.97. The maximum Gasteiger partial charge on any atom is 0.352 e.